The molecule has 0 heterocycles. The Labute approximate surface area is 526 Å². The predicted molar refractivity (Wildman–Crippen MR) is 258 cm³/mol. The number of carboxylic acids is 2. The summed E-state index contributed by atoms with van der Waals surface area (Å²) in [4.78, 5) is 21.4. The Morgan fingerprint density at radius 3 is 0.978 bits per heavy atom. The van der Waals surface area contributed by atoms with E-state index in [2.05, 4.69) is 11.6 Å². The molecule has 45 heteroatoms. The molecule has 0 aliphatic rings. The Kier molecular flexibility index (Phi) is 41.5. The normalized spacial score (nSPS) is 14.7. The van der Waals surface area contributed by atoms with E-state index < -0.39 is 210 Å². The van der Waals surface area contributed by atoms with Gasteiger partial charge in [0.2, 0.25) is 20.0 Å². The summed E-state index contributed by atoms with van der Waals surface area (Å²) in [6.07, 6.45) is -70.2. The van der Waals surface area contributed by atoms with Crippen LogP contribution in [0.5, 0.6) is 0 Å². The molecule has 0 aromatic carbocycles. The Morgan fingerprint density at radius 2 is 0.744 bits per heavy atom. The van der Waals surface area contributed by atoms with Crippen LogP contribution in [0.15, 0.2) is 0 Å². The van der Waals surface area contributed by atoms with Gasteiger partial charge in [0.1, 0.15) is 0 Å². The molecule has 0 amide bonds. The number of hydrogen-bond donors (Lipinski definition) is 3. The monoisotopic (exact) mass is 1460 g/mol. The van der Waals surface area contributed by atoms with E-state index in [0.29, 0.717) is 6.54 Å². The summed E-state index contributed by atoms with van der Waals surface area (Å²) < 4.78 is 417. The molecule has 2 atom stereocenters. The van der Waals surface area contributed by atoms with Crippen molar-refractivity contribution in [3.8, 4) is 0 Å². The second-order valence-electron chi connectivity index (χ2n) is 20.7. The molecule has 538 valence electrons. The van der Waals surface area contributed by atoms with Crippen molar-refractivity contribution in [1.82, 2.24) is 14.3 Å². The third kappa shape index (κ3) is 35.1. The molecule has 0 saturated heterocycles. The third-order valence-corrected chi connectivity index (χ3v) is 15.5. The second kappa shape index (κ2) is 38.6. The van der Waals surface area contributed by atoms with E-state index in [0.717, 1.165) is 0 Å². The number of alkyl halides is 29. The fraction of sp³-hybridized carbons (Fsp3) is 0.956. The SMILES string of the molecule is CCO.CN(C)CCCNS(=O)(=O)CCC(CCCCC(F)(C(F)(F)F)C(F)(F)F)CC(F)(C(F)(F)F)C(F)(F)F.C[N+](C)(CCCNS(=O)(=O)CCC(CCCCC(F)(C(F)(F)F)C(F)(F)F)CC(F)(C(F)(F)F)C(F)(F)F)CCC(=O)[O-].O=C([O-])CCl.[Na+]. The van der Waals surface area contributed by atoms with Crippen LogP contribution in [-0.2, 0) is 29.6 Å². The third-order valence-electron chi connectivity index (χ3n) is 12.5. The number of rotatable bonds is 34. The van der Waals surface area contributed by atoms with Crippen LogP contribution in [-0.4, -0.2) is 200 Å². The quantitative estimate of drug-likeness (QED) is 0.0190. The Morgan fingerprint density at radius 1 is 0.478 bits per heavy atom. The number of carboxylic acid groups (broad SMARTS) is 2. The molecule has 0 fully saturated rings. The summed E-state index contributed by atoms with van der Waals surface area (Å²) in [5.41, 5.74) is -23.2. The van der Waals surface area contributed by atoms with Crippen LogP contribution in [0.3, 0.4) is 0 Å². The first-order valence-corrected chi connectivity index (χ1v) is 29.4. The number of hydrogen-bond acceptors (Lipinski definition) is 10. The number of carbonyl (C=O) groups excluding carboxylic acids is 2. The number of carbonyl (C=O) groups is 2. The van der Waals surface area contributed by atoms with Gasteiger partial charge in [-0.05, 0) is 84.3 Å². The van der Waals surface area contributed by atoms with Gasteiger partial charge in [-0.1, -0.05) is 25.7 Å². The average Bonchev–Trinajstić information content (AvgIpc) is 1.01. The smallest absolute Gasteiger partial charge is 0.550 e. The minimum atomic E-state index is -6.57. The molecule has 0 aromatic rings. The molecule has 3 N–H and O–H groups in total. The van der Waals surface area contributed by atoms with Crippen LogP contribution in [0.4, 0.5) is 123 Å². The number of halogens is 29. The zero-order valence-electron chi connectivity index (χ0n) is 48.5. The standard InChI is InChI=1S/C22H32F14N2O4S.C19H28F14N2O2S.C2H3ClO2.C2H6O.Na/c1-38(2,12-7-16(39)40)11-5-10-37-43(41,42)13-8-15(14-18(24,21(31,32)33)22(34,35)36)6-3-4-9-17(23,19(25,26)27)20(28,29)30;1-35(2)10-5-9-34-38(36,37)11-7-13(12-15(21,18(28,29)30)19(31,32)33)6-3-4-8-14(20,16(22,23)24)17(25,26)27;3-1-2(4)5;1-2-3;/h15,37H,3-14H2,1-2H3;13,34H,3-12H2,1-2H3;1H2,(H,4,5);3H,2H2,1H3;/q;;;;+1/p-1. The van der Waals surface area contributed by atoms with E-state index in [1.165, 1.54) is 0 Å². The molecule has 0 rings (SSSR count). The first kappa shape index (κ1) is 96.7. The number of nitrogens with one attached hydrogen (secondary N) is 2. The van der Waals surface area contributed by atoms with E-state index in [-0.39, 0.29) is 86.1 Å². The molecule has 0 aliphatic heterocycles. The van der Waals surface area contributed by atoms with E-state index in [1.807, 2.05) is 9.44 Å². The van der Waals surface area contributed by atoms with Crippen molar-refractivity contribution in [3.63, 3.8) is 0 Å². The fourth-order valence-corrected chi connectivity index (χ4v) is 9.91. The van der Waals surface area contributed by atoms with Crippen LogP contribution in [0.1, 0.15) is 103 Å². The van der Waals surface area contributed by atoms with Crippen LogP contribution >= 0.6 is 11.6 Å². The molecular formula is C45H68ClF28N4NaO9S2. The van der Waals surface area contributed by atoms with Crippen molar-refractivity contribution < 1.29 is 199 Å². The van der Waals surface area contributed by atoms with Gasteiger partial charge < -0.3 is 34.3 Å². The minimum Gasteiger partial charge on any atom is -0.550 e. The maximum absolute atomic E-state index is 14.3. The van der Waals surface area contributed by atoms with Gasteiger partial charge in [0, 0.05) is 51.3 Å². The van der Waals surface area contributed by atoms with Crippen molar-refractivity contribution in [3.05, 3.63) is 0 Å². The fourth-order valence-electron chi connectivity index (χ4n) is 7.42. The van der Waals surface area contributed by atoms with Gasteiger partial charge in [-0.3, -0.25) is 0 Å². The number of aliphatic hydroxyl groups excluding tert-OH is 1. The summed E-state index contributed by atoms with van der Waals surface area (Å²) in [6, 6.07) is 0. The second-order valence-corrected chi connectivity index (χ2v) is 24.8. The van der Waals surface area contributed by atoms with Gasteiger partial charge >= 0.3 is 79.0 Å². The first-order valence-electron chi connectivity index (χ1n) is 25.6. The van der Waals surface area contributed by atoms with Crippen molar-refractivity contribution in [2.75, 3.05) is 84.9 Å². The summed E-state index contributed by atoms with van der Waals surface area (Å²) in [5.74, 6) is -9.55. The molecule has 0 saturated carbocycles. The zero-order valence-corrected chi connectivity index (χ0v) is 52.9. The number of unbranched alkanes of at least 4 members (excludes halogenated alkanes) is 2. The van der Waals surface area contributed by atoms with Gasteiger partial charge in [0.25, 0.3) is 22.7 Å². The molecule has 13 nitrogen and oxygen atoms in total. The largest absolute Gasteiger partial charge is 1.00 e. The van der Waals surface area contributed by atoms with Gasteiger partial charge in [-0.15, -0.1) is 11.6 Å². The minimum absolute atomic E-state index is 0. The maximum atomic E-state index is 14.3. The molecule has 90 heavy (non-hydrogen) atoms. The van der Waals surface area contributed by atoms with Crippen molar-refractivity contribution >= 4 is 43.6 Å². The number of quaternary nitrogens is 1. The summed E-state index contributed by atoms with van der Waals surface area (Å²) in [6.45, 7) is 2.17. The van der Waals surface area contributed by atoms with Crippen LogP contribution in [0.2, 0.25) is 0 Å². The van der Waals surface area contributed by atoms with E-state index >= 15 is 0 Å². The summed E-state index contributed by atoms with van der Waals surface area (Å²) in [5, 5.41) is 27.3. The van der Waals surface area contributed by atoms with E-state index in [1.54, 1.807) is 40.0 Å². The Bertz CT molecular complexity index is 2210. The number of aliphatic hydroxyl groups is 1. The maximum Gasteiger partial charge on any atom is 1.00 e. The molecule has 0 spiro atoms. The molecule has 0 radical (unpaired) electrons. The molecule has 2 unspecified atom stereocenters. The number of sulfonamides is 2. The Hall–Kier alpha value is -2.03. The van der Waals surface area contributed by atoms with E-state index in [4.69, 9.17) is 15.0 Å². The van der Waals surface area contributed by atoms with Crippen LogP contribution < -0.4 is 49.2 Å². The van der Waals surface area contributed by atoms with Crippen molar-refractivity contribution in [1.29, 1.82) is 0 Å². The average molecular weight is 1460 g/mol. The van der Waals surface area contributed by atoms with Gasteiger partial charge in [-0.25, -0.2) is 43.8 Å². The predicted octanol–water partition coefficient (Wildman–Crippen LogP) is 7.59. The summed E-state index contributed by atoms with van der Waals surface area (Å²) in [7, 11) is -2.24. The number of aliphatic carboxylic acids is 2. The Balaban J connectivity index is -0.000000475. The first-order chi connectivity index (χ1) is 39.3. The van der Waals surface area contributed by atoms with Crippen molar-refractivity contribution in [2.24, 2.45) is 11.8 Å². The van der Waals surface area contributed by atoms with Crippen molar-refractivity contribution in [2.45, 2.75) is 175 Å². The van der Waals surface area contributed by atoms with Gasteiger partial charge in [0.05, 0.1) is 50.5 Å². The summed E-state index contributed by atoms with van der Waals surface area (Å²) >= 11 is 4.67. The van der Waals surface area contributed by atoms with Gasteiger partial charge in [-0.2, -0.15) is 105 Å². The molecule has 0 aliphatic carbocycles. The molecular weight excluding hydrogens is 1400 g/mol. The van der Waals surface area contributed by atoms with Crippen LogP contribution in [0, 0.1) is 11.8 Å². The topological polar surface area (TPSA) is 196 Å². The zero-order chi connectivity index (χ0) is 71.8. The van der Waals surface area contributed by atoms with Gasteiger partial charge in [0.15, 0.2) is 0 Å². The van der Waals surface area contributed by atoms with E-state index in [9.17, 15) is 150 Å². The number of nitrogens with zero attached hydrogens (tertiary/aromatic N) is 2. The van der Waals surface area contributed by atoms with Crippen LogP contribution in [0.25, 0.3) is 0 Å². The molecule has 0 bridgehead atoms. The molecule has 0 aromatic heterocycles.